The first-order valence-corrected chi connectivity index (χ1v) is 6.07. The quantitative estimate of drug-likeness (QED) is 0.779. The molecule has 1 atom stereocenters. The Labute approximate surface area is 96.0 Å². The molecular weight excluding hydrogens is 198 g/mol. The lowest BCUT2D eigenvalue weighted by molar-refractivity contribution is 0.274. The third kappa shape index (κ3) is 1.76. The molecule has 1 saturated heterocycles. The monoisotopic (exact) mass is 215 g/mol. The fourth-order valence-corrected chi connectivity index (χ4v) is 2.89. The van der Waals surface area contributed by atoms with E-state index in [-0.39, 0.29) is 0 Å². The van der Waals surface area contributed by atoms with Gasteiger partial charge in [0, 0.05) is 24.4 Å². The normalized spacial score (nSPS) is 29.4. The molecule has 2 heterocycles. The molecule has 2 aliphatic rings. The lowest BCUT2D eigenvalue weighted by Gasteiger charge is -2.32. The number of piperidine rings is 1. The third-order valence-electron chi connectivity index (χ3n) is 3.77. The highest BCUT2D eigenvalue weighted by Crippen LogP contribution is 2.43. The summed E-state index contributed by atoms with van der Waals surface area (Å²) in [6.07, 6.45) is 12.9. The molecule has 1 unspecified atom stereocenters. The maximum Gasteiger partial charge on any atom is 0.0841 e. The standard InChI is InChI=1S/C13H17N3/c1-3-13(10-15-5-1)4-2-11(8-13)12-9-14-6-7-16-12/h6-9,15H,1-5,10H2. The maximum absolute atomic E-state index is 4.39. The van der Waals surface area contributed by atoms with Gasteiger partial charge in [-0.05, 0) is 37.8 Å². The van der Waals surface area contributed by atoms with Crippen molar-refractivity contribution in [2.75, 3.05) is 13.1 Å². The van der Waals surface area contributed by atoms with Crippen molar-refractivity contribution in [1.82, 2.24) is 15.3 Å². The Balaban J connectivity index is 1.86. The molecule has 1 aromatic heterocycles. The number of hydrogen-bond donors (Lipinski definition) is 1. The molecule has 1 aromatic rings. The summed E-state index contributed by atoms with van der Waals surface area (Å²) in [5, 5.41) is 3.51. The smallest absolute Gasteiger partial charge is 0.0841 e. The van der Waals surface area contributed by atoms with Gasteiger partial charge in [-0.3, -0.25) is 9.97 Å². The SMILES string of the molecule is C1=C(c2cnccn2)CCC12CCCNC2. The van der Waals surface area contributed by atoms with E-state index in [4.69, 9.17) is 0 Å². The number of aromatic nitrogens is 2. The van der Waals surface area contributed by atoms with Crippen LogP contribution in [0.5, 0.6) is 0 Å². The molecule has 1 aliphatic carbocycles. The Morgan fingerprint density at radius 1 is 1.25 bits per heavy atom. The topological polar surface area (TPSA) is 37.8 Å². The lowest BCUT2D eigenvalue weighted by atomic mass is 9.80. The van der Waals surface area contributed by atoms with Crippen LogP contribution >= 0.6 is 0 Å². The Bertz CT molecular complexity index is 391. The minimum Gasteiger partial charge on any atom is -0.316 e. The summed E-state index contributed by atoms with van der Waals surface area (Å²) < 4.78 is 0. The minimum atomic E-state index is 0.408. The fraction of sp³-hybridized carbons (Fsp3) is 0.538. The fourth-order valence-electron chi connectivity index (χ4n) is 2.89. The minimum absolute atomic E-state index is 0.408. The largest absolute Gasteiger partial charge is 0.316 e. The van der Waals surface area contributed by atoms with E-state index in [1.165, 1.54) is 31.4 Å². The van der Waals surface area contributed by atoms with Crippen molar-refractivity contribution in [3.05, 3.63) is 30.4 Å². The van der Waals surface area contributed by atoms with Crippen LogP contribution in [-0.4, -0.2) is 23.1 Å². The third-order valence-corrected chi connectivity index (χ3v) is 3.77. The van der Waals surface area contributed by atoms with E-state index < -0.39 is 0 Å². The molecule has 1 fully saturated rings. The molecule has 0 radical (unpaired) electrons. The highest BCUT2D eigenvalue weighted by atomic mass is 14.9. The molecule has 1 N–H and O–H groups in total. The zero-order chi connectivity index (χ0) is 10.8. The summed E-state index contributed by atoms with van der Waals surface area (Å²) in [5.74, 6) is 0. The molecule has 1 spiro atoms. The Kier molecular flexibility index (Phi) is 2.48. The Morgan fingerprint density at radius 3 is 3.00 bits per heavy atom. The molecule has 0 bridgehead atoms. The lowest BCUT2D eigenvalue weighted by Crippen LogP contribution is -2.37. The van der Waals surface area contributed by atoms with Crippen molar-refractivity contribution in [3.8, 4) is 0 Å². The van der Waals surface area contributed by atoms with Gasteiger partial charge in [0.15, 0.2) is 0 Å². The number of nitrogens with one attached hydrogen (secondary N) is 1. The van der Waals surface area contributed by atoms with E-state index in [0.29, 0.717) is 5.41 Å². The van der Waals surface area contributed by atoms with Gasteiger partial charge in [-0.15, -0.1) is 0 Å². The van der Waals surface area contributed by atoms with E-state index in [1.54, 1.807) is 12.4 Å². The summed E-state index contributed by atoms with van der Waals surface area (Å²) in [6.45, 7) is 2.31. The van der Waals surface area contributed by atoms with E-state index in [2.05, 4.69) is 21.4 Å². The van der Waals surface area contributed by atoms with Crippen LogP contribution in [-0.2, 0) is 0 Å². The molecule has 16 heavy (non-hydrogen) atoms. The van der Waals surface area contributed by atoms with Crippen molar-refractivity contribution >= 4 is 5.57 Å². The predicted octanol–water partition coefficient (Wildman–Crippen LogP) is 2.02. The van der Waals surface area contributed by atoms with Crippen molar-refractivity contribution in [2.24, 2.45) is 5.41 Å². The molecule has 84 valence electrons. The second-order valence-electron chi connectivity index (χ2n) is 4.90. The number of hydrogen-bond acceptors (Lipinski definition) is 3. The number of allylic oxidation sites excluding steroid dienone is 1. The van der Waals surface area contributed by atoms with Crippen LogP contribution < -0.4 is 5.32 Å². The molecule has 3 rings (SSSR count). The first-order chi connectivity index (χ1) is 7.88. The van der Waals surface area contributed by atoms with Crippen LogP contribution in [0.25, 0.3) is 5.57 Å². The predicted molar refractivity (Wildman–Crippen MR) is 63.8 cm³/mol. The molecule has 3 nitrogen and oxygen atoms in total. The number of nitrogens with zero attached hydrogens (tertiary/aromatic N) is 2. The van der Waals surface area contributed by atoms with Gasteiger partial charge in [0.2, 0.25) is 0 Å². The van der Waals surface area contributed by atoms with Crippen molar-refractivity contribution in [2.45, 2.75) is 25.7 Å². The van der Waals surface area contributed by atoms with Crippen molar-refractivity contribution in [3.63, 3.8) is 0 Å². The van der Waals surface area contributed by atoms with E-state index in [1.807, 2.05) is 6.20 Å². The zero-order valence-electron chi connectivity index (χ0n) is 9.45. The van der Waals surface area contributed by atoms with Crippen molar-refractivity contribution in [1.29, 1.82) is 0 Å². The van der Waals surface area contributed by atoms with Crippen LogP contribution in [0.4, 0.5) is 0 Å². The van der Waals surface area contributed by atoms with Gasteiger partial charge in [0.1, 0.15) is 0 Å². The van der Waals surface area contributed by atoms with E-state index >= 15 is 0 Å². The molecule has 1 aliphatic heterocycles. The van der Waals surface area contributed by atoms with Gasteiger partial charge in [-0.1, -0.05) is 6.08 Å². The van der Waals surface area contributed by atoms with Crippen LogP contribution in [0.1, 0.15) is 31.4 Å². The van der Waals surface area contributed by atoms with E-state index in [9.17, 15) is 0 Å². The van der Waals surface area contributed by atoms with Gasteiger partial charge < -0.3 is 5.32 Å². The van der Waals surface area contributed by atoms with Crippen molar-refractivity contribution < 1.29 is 0 Å². The summed E-state index contributed by atoms with van der Waals surface area (Å²) in [7, 11) is 0. The molecule has 0 aromatic carbocycles. The van der Waals surface area contributed by atoms with Gasteiger partial charge in [0.05, 0.1) is 11.9 Å². The maximum atomic E-state index is 4.39. The summed E-state index contributed by atoms with van der Waals surface area (Å²) >= 11 is 0. The second-order valence-corrected chi connectivity index (χ2v) is 4.90. The molecule has 3 heteroatoms. The summed E-state index contributed by atoms with van der Waals surface area (Å²) in [4.78, 5) is 8.53. The Hall–Kier alpha value is -1.22. The van der Waals surface area contributed by atoms with Gasteiger partial charge >= 0.3 is 0 Å². The zero-order valence-corrected chi connectivity index (χ0v) is 9.45. The average molecular weight is 215 g/mol. The second kappa shape index (κ2) is 3.98. The van der Waals surface area contributed by atoms with Gasteiger partial charge in [-0.2, -0.15) is 0 Å². The molecule has 0 saturated carbocycles. The van der Waals surface area contributed by atoms with Gasteiger partial charge in [-0.25, -0.2) is 0 Å². The van der Waals surface area contributed by atoms with E-state index in [0.717, 1.165) is 18.7 Å². The summed E-state index contributed by atoms with van der Waals surface area (Å²) in [6, 6.07) is 0. The average Bonchev–Trinajstić information content (AvgIpc) is 2.75. The van der Waals surface area contributed by atoms with Crippen LogP contribution in [0, 0.1) is 5.41 Å². The first kappa shape index (κ1) is 9.97. The summed E-state index contributed by atoms with van der Waals surface area (Å²) in [5.41, 5.74) is 2.85. The van der Waals surface area contributed by atoms with Crippen LogP contribution in [0.3, 0.4) is 0 Å². The van der Waals surface area contributed by atoms with Gasteiger partial charge in [0.25, 0.3) is 0 Å². The highest BCUT2D eigenvalue weighted by molar-refractivity contribution is 5.65. The first-order valence-electron chi connectivity index (χ1n) is 6.07. The van der Waals surface area contributed by atoms with Crippen LogP contribution in [0.15, 0.2) is 24.7 Å². The number of rotatable bonds is 1. The van der Waals surface area contributed by atoms with Crippen LogP contribution in [0.2, 0.25) is 0 Å². The molecule has 0 amide bonds. The highest BCUT2D eigenvalue weighted by Gasteiger charge is 2.34. The molecular formula is C13H17N3. The Morgan fingerprint density at radius 2 is 2.25 bits per heavy atom.